The molecule has 0 aliphatic carbocycles. The zero-order chi connectivity index (χ0) is 15.1. The average Bonchev–Trinajstić information content (AvgIpc) is 2.51. The van der Waals surface area contributed by atoms with Crippen LogP contribution in [0.5, 0.6) is 5.75 Å². The van der Waals surface area contributed by atoms with Crippen molar-refractivity contribution >= 4 is 11.7 Å². The number of rotatable bonds is 5. The van der Waals surface area contributed by atoms with E-state index in [-0.39, 0.29) is 6.61 Å². The minimum Gasteiger partial charge on any atom is -0.489 e. The number of carbonyl (C=O) groups is 1. The molecule has 21 heavy (non-hydrogen) atoms. The van der Waals surface area contributed by atoms with Gasteiger partial charge in [0.15, 0.2) is 6.61 Å². The lowest BCUT2D eigenvalue weighted by molar-refractivity contribution is 0.0556. The molecule has 0 spiro atoms. The van der Waals surface area contributed by atoms with Crippen LogP contribution in [-0.4, -0.2) is 12.6 Å². The van der Waals surface area contributed by atoms with E-state index in [1.165, 1.54) is 0 Å². The molecule has 0 unspecified atom stereocenters. The van der Waals surface area contributed by atoms with Crippen LogP contribution in [0.1, 0.15) is 15.9 Å². The smallest absolute Gasteiger partial charge is 0.339 e. The molecule has 2 aromatic rings. The average molecular weight is 281 g/mol. The molecule has 2 rings (SSSR count). The van der Waals surface area contributed by atoms with Crippen LogP contribution in [-0.2, 0) is 11.3 Å². The largest absolute Gasteiger partial charge is 0.489 e. The van der Waals surface area contributed by atoms with Crippen molar-refractivity contribution in [1.29, 1.82) is 0 Å². The van der Waals surface area contributed by atoms with Crippen molar-refractivity contribution < 1.29 is 14.3 Å². The van der Waals surface area contributed by atoms with Crippen molar-refractivity contribution in [2.24, 2.45) is 0 Å². The molecular formula is C17H15NO3. The van der Waals surface area contributed by atoms with Crippen molar-refractivity contribution in [3.05, 3.63) is 59.7 Å². The quantitative estimate of drug-likeness (QED) is 0.520. The molecule has 0 saturated carbocycles. The van der Waals surface area contributed by atoms with E-state index in [9.17, 15) is 4.79 Å². The number of ether oxygens (including phenoxy) is 2. The highest BCUT2D eigenvalue weighted by Gasteiger charge is 2.07. The van der Waals surface area contributed by atoms with Crippen LogP contribution >= 0.6 is 0 Å². The Balaban J connectivity index is 2.01. The third kappa shape index (κ3) is 4.29. The molecule has 0 atom stereocenters. The lowest BCUT2D eigenvalue weighted by Gasteiger charge is -2.08. The van der Waals surface area contributed by atoms with Crippen LogP contribution in [0.4, 0.5) is 5.69 Å². The fourth-order valence-electron chi connectivity index (χ4n) is 1.75. The number of hydrogen-bond acceptors (Lipinski definition) is 4. The number of esters is 1. The maximum absolute atomic E-state index is 11.7. The second kappa shape index (κ2) is 7.01. The third-order valence-corrected chi connectivity index (χ3v) is 2.71. The van der Waals surface area contributed by atoms with E-state index in [1.807, 2.05) is 18.2 Å². The van der Waals surface area contributed by atoms with E-state index in [2.05, 4.69) is 5.92 Å². The third-order valence-electron chi connectivity index (χ3n) is 2.71. The van der Waals surface area contributed by atoms with E-state index in [0.717, 1.165) is 5.56 Å². The molecule has 4 nitrogen and oxygen atoms in total. The van der Waals surface area contributed by atoms with Gasteiger partial charge in [-0.05, 0) is 29.8 Å². The Morgan fingerprint density at radius 2 is 2.00 bits per heavy atom. The van der Waals surface area contributed by atoms with Gasteiger partial charge in [0.25, 0.3) is 0 Å². The monoisotopic (exact) mass is 281 g/mol. The number of nitrogens with two attached hydrogens (primary N) is 1. The summed E-state index contributed by atoms with van der Waals surface area (Å²) < 4.78 is 10.5. The lowest BCUT2D eigenvalue weighted by atomic mass is 10.1. The molecule has 0 aromatic heterocycles. The van der Waals surface area contributed by atoms with Crippen molar-refractivity contribution in [2.45, 2.75) is 6.61 Å². The molecule has 2 aromatic carbocycles. The second-order valence-corrected chi connectivity index (χ2v) is 4.34. The van der Waals surface area contributed by atoms with Crippen LogP contribution < -0.4 is 10.5 Å². The summed E-state index contributed by atoms with van der Waals surface area (Å²) in [6.07, 6.45) is 5.05. The first-order valence-corrected chi connectivity index (χ1v) is 6.37. The van der Waals surface area contributed by atoms with Gasteiger partial charge in [0.05, 0.1) is 5.56 Å². The summed E-state index contributed by atoms with van der Waals surface area (Å²) in [5, 5.41) is 0. The van der Waals surface area contributed by atoms with E-state index in [1.54, 1.807) is 30.3 Å². The molecule has 4 heteroatoms. The first kappa shape index (κ1) is 14.5. The van der Waals surface area contributed by atoms with Gasteiger partial charge in [-0.25, -0.2) is 4.79 Å². The number of anilines is 1. The Hall–Kier alpha value is -2.93. The number of terminal acetylenes is 1. The van der Waals surface area contributed by atoms with Crippen LogP contribution in [0.2, 0.25) is 0 Å². The molecule has 0 amide bonds. The Morgan fingerprint density at radius 3 is 2.76 bits per heavy atom. The summed E-state index contributed by atoms with van der Waals surface area (Å²) in [6.45, 7) is 0.294. The minimum absolute atomic E-state index is 0.0388. The van der Waals surface area contributed by atoms with Crippen molar-refractivity contribution in [3.63, 3.8) is 0 Å². The highest BCUT2D eigenvalue weighted by molar-refractivity contribution is 5.89. The maximum Gasteiger partial charge on any atom is 0.339 e. The molecule has 0 radical (unpaired) electrons. The number of hydrogen-bond donors (Lipinski definition) is 1. The maximum atomic E-state index is 11.7. The van der Waals surface area contributed by atoms with Gasteiger partial charge in [0.2, 0.25) is 0 Å². The summed E-state index contributed by atoms with van der Waals surface area (Å²) in [7, 11) is 0. The van der Waals surface area contributed by atoms with E-state index in [0.29, 0.717) is 23.6 Å². The summed E-state index contributed by atoms with van der Waals surface area (Å²) in [6, 6.07) is 14.2. The van der Waals surface area contributed by atoms with Gasteiger partial charge in [-0.15, -0.1) is 6.42 Å². The summed E-state index contributed by atoms with van der Waals surface area (Å²) in [5.41, 5.74) is 7.62. The van der Waals surface area contributed by atoms with Crippen molar-refractivity contribution in [3.8, 4) is 18.1 Å². The molecule has 0 saturated heterocycles. The van der Waals surface area contributed by atoms with Gasteiger partial charge in [0, 0.05) is 11.8 Å². The molecule has 0 aliphatic rings. The topological polar surface area (TPSA) is 61.5 Å². The molecule has 2 N–H and O–H groups in total. The van der Waals surface area contributed by atoms with Crippen molar-refractivity contribution in [1.82, 2.24) is 0 Å². The van der Waals surface area contributed by atoms with E-state index < -0.39 is 5.97 Å². The van der Waals surface area contributed by atoms with Gasteiger partial charge in [-0.3, -0.25) is 0 Å². The normalized spacial score (nSPS) is 9.67. The lowest BCUT2D eigenvalue weighted by Crippen LogP contribution is -2.06. The Morgan fingerprint density at radius 1 is 1.19 bits per heavy atom. The van der Waals surface area contributed by atoms with Gasteiger partial charge in [-0.1, -0.05) is 24.1 Å². The van der Waals surface area contributed by atoms with Crippen LogP contribution in [0.15, 0.2) is 48.5 Å². The minimum atomic E-state index is -0.446. The van der Waals surface area contributed by atoms with Gasteiger partial charge in [0.1, 0.15) is 12.4 Å². The van der Waals surface area contributed by atoms with Crippen molar-refractivity contribution in [2.75, 3.05) is 12.3 Å². The Labute approximate surface area is 123 Å². The van der Waals surface area contributed by atoms with Gasteiger partial charge < -0.3 is 15.2 Å². The number of nitrogen functional groups attached to an aromatic ring is 1. The predicted octanol–water partition coefficient (Wildman–Crippen LogP) is 2.64. The van der Waals surface area contributed by atoms with Gasteiger partial charge in [-0.2, -0.15) is 0 Å². The molecule has 0 fully saturated rings. The number of carbonyl (C=O) groups excluding carboxylic acids is 1. The van der Waals surface area contributed by atoms with Crippen LogP contribution in [0.3, 0.4) is 0 Å². The summed E-state index contributed by atoms with van der Waals surface area (Å²) in [5.74, 6) is 2.49. The van der Waals surface area contributed by atoms with Crippen LogP contribution in [0, 0.1) is 12.3 Å². The molecule has 0 heterocycles. The zero-order valence-corrected chi connectivity index (χ0v) is 11.4. The van der Waals surface area contributed by atoms with E-state index in [4.69, 9.17) is 21.6 Å². The zero-order valence-electron chi connectivity index (χ0n) is 11.4. The Bertz CT molecular complexity index is 674. The fourth-order valence-corrected chi connectivity index (χ4v) is 1.75. The summed E-state index contributed by atoms with van der Waals surface area (Å²) in [4.78, 5) is 11.7. The van der Waals surface area contributed by atoms with Crippen LogP contribution in [0.25, 0.3) is 0 Å². The highest BCUT2D eigenvalue weighted by Crippen LogP contribution is 2.16. The number of benzene rings is 2. The Kier molecular flexibility index (Phi) is 4.84. The predicted molar refractivity (Wildman–Crippen MR) is 80.7 cm³/mol. The second-order valence-electron chi connectivity index (χ2n) is 4.34. The molecule has 0 bridgehead atoms. The molecular weight excluding hydrogens is 266 g/mol. The van der Waals surface area contributed by atoms with E-state index >= 15 is 0 Å². The van der Waals surface area contributed by atoms with Gasteiger partial charge >= 0.3 is 5.97 Å². The standard InChI is InChI=1S/C17H15NO3/c1-2-9-20-17(19)14-6-3-5-13(10-14)12-21-16-8-4-7-15(18)11-16/h1,3-8,10-11H,9,12,18H2. The highest BCUT2D eigenvalue weighted by atomic mass is 16.5. The first-order chi connectivity index (χ1) is 10.2. The fraction of sp³-hybridized carbons (Fsp3) is 0.118. The molecule has 106 valence electrons. The molecule has 0 aliphatic heterocycles. The summed E-state index contributed by atoms with van der Waals surface area (Å²) >= 11 is 0. The SMILES string of the molecule is C#CCOC(=O)c1cccc(COc2cccc(N)c2)c1. The first-order valence-electron chi connectivity index (χ1n) is 6.37.